The van der Waals surface area contributed by atoms with Crippen molar-refractivity contribution in [1.29, 1.82) is 0 Å². The van der Waals surface area contributed by atoms with E-state index in [1.165, 1.54) is 5.57 Å². The number of alkyl halides is 1. The predicted octanol–water partition coefficient (Wildman–Crippen LogP) is 3.52. The Morgan fingerprint density at radius 1 is 1.24 bits per heavy atom. The van der Waals surface area contributed by atoms with Crippen LogP contribution in [-0.4, -0.2) is 38.0 Å². The van der Waals surface area contributed by atoms with Crippen LogP contribution in [0.5, 0.6) is 0 Å². The van der Waals surface area contributed by atoms with Crippen molar-refractivity contribution in [2.45, 2.75) is 39.9 Å². The molecule has 0 spiro atoms. The van der Waals surface area contributed by atoms with Gasteiger partial charge in [0.2, 0.25) is 0 Å². The van der Waals surface area contributed by atoms with Gasteiger partial charge in [0.25, 0.3) is 0 Å². The minimum atomic E-state index is -0.128. The maximum Gasteiger partial charge on any atom is 0.159 e. The molecule has 0 bridgehead atoms. The molecule has 0 unspecified atom stereocenters. The molecule has 0 aromatic rings. The third-order valence-electron chi connectivity index (χ3n) is 2.13. The first-order valence-electron chi connectivity index (χ1n) is 6.27. The van der Waals surface area contributed by atoms with Gasteiger partial charge >= 0.3 is 0 Å². The summed E-state index contributed by atoms with van der Waals surface area (Å²) in [7, 11) is 0. The molecule has 3 nitrogen and oxygen atoms in total. The molecule has 0 saturated heterocycles. The molecule has 102 valence electrons. The molecular formula is C13H25BrO3. The van der Waals surface area contributed by atoms with E-state index in [1.54, 1.807) is 0 Å². The molecule has 0 aliphatic carbocycles. The van der Waals surface area contributed by atoms with Gasteiger partial charge in [0.05, 0.1) is 13.2 Å². The standard InChI is InChI=1S/C13H25BrO3/c1-4-16-13(17-5-2)8-10-15-11-12(3)7-6-9-14/h7,13H,4-6,8-11H2,1-3H3. The quantitative estimate of drug-likeness (QED) is 0.253. The van der Waals surface area contributed by atoms with Gasteiger partial charge in [-0.3, -0.25) is 0 Å². The van der Waals surface area contributed by atoms with E-state index in [-0.39, 0.29) is 6.29 Å². The van der Waals surface area contributed by atoms with E-state index in [0.29, 0.717) is 26.4 Å². The lowest BCUT2D eigenvalue weighted by molar-refractivity contribution is -0.146. The highest BCUT2D eigenvalue weighted by Crippen LogP contribution is 2.03. The summed E-state index contributed by atoms with van der Waals surface area (Å²) in [5, 5.41) is 1.00. The SMILES string of the molecule is CCOC(CCOCC(C)=CCCBr)OCC. The highest BCUT2D eigenvalue weighted by molar-refractivity contribution is 9.09. The van der Waals surface area contributed by atoms with E-state index in [0.717, 1.165) is 18.2 Å². The molecule has 0 N–H and O–H groups in total. The first-order valence-corrected chi connectivity index (χ1v) is 7.39. The summed E-state index contributed by atoms with van der Waals surface area (Å²) in [4.78, 5) is 0. The Balaban J connectivity index is 3.59. The van der Waals surface area contributed by atoms with Gasteiger partial charge in [0.15, 0.2) is 6.29 Å². The van der Waals surface area contributed by atoms with Gasteiger partial charge in [-0.1, -0.05) is 27.6 Å². The first-order chi connectivity index (χ1) is 8.24. The highest BCUT2D eigenvalue weighted by atomic mass is 79.9. The van der Waals surface area contributed by atoms with Crippen molar-refractivity contribution in [3.8, 4) is 0 Å². The van der Waals surface area contributed by atoms with Crippen molar-refractivity contribution in [2.24, 2.45) is 0 Å². The largest absolute Gasteiger partial charge is 0.377 e. The zero-order valence-electron chi connectivity index (χ0n) is 11.2. The van der Waals surface area contributed by atoms with Crippen LogP contribution in [0, 0.1) is 0 Å². The summed E-state index contributed by atoms with van der Waals surface area (Å²) in [5.41, 5.74) is 1.27. The molecule has 0 saturated carbocycles. The topological polar surface area (TPSA) is 27.7 Å². The average Bonchev–Trinajstić information content (AvgIpc) is 2.32. The summed E-state index contributed by atoms with van der Waals surface area (Å²) in [6, 6.07) is 0. The zero-order valence-corrected chi connectivity index (χ0v) is 12.8. The highest BCUT2D eigenvalue weighted by Gasteiger charge is 2.07. The minimum absolute atomic E-state index is 0.128. The molecular weight excluding hydrogens is 284 g/mol. The first kappa shape index (κ1) is 17.1. The van der Waals surface area contributed by atoms with E-state index in [9.17, 15) is 0 Å². The van der Waals surface area contributed by atoms with Crippen molar-refractivity contribution in [3.63, 3.8) is 0 Å². The molecule has 0 atom stereocenters. The molecule has 0 amide bonds. The number of halogens is 1. The van der Waals surface area contributed by atoms with E-state index >= 15 is 0 Å². The number of rotatable bonds is 11. The van der Waals surface area contributed by atoms with E-state index in [2.05, 4.69) is 28.9 Å². The summed E-state index contributed by atoms with van der Waals surface area (Å²) in [6.45, 7) is 8.75. The second-order valence-electron chi connectivity index (χ2n) is 3.71. The normalized spacial score (nSPS) is 12.4. The number of allylic oxidation sites excluding steroid dienone is 1. The molecule has 4 heteroatoms. The van der Waals surface area contributed by atoms with E-state index in [1.807, 2.05) is 13.8 Å². The molecule has 0 aliphatic rings. The van der Waals surface area contributed by atoms with Crippen molar-refractivity contribution >= 4 is 15.9 Å². The summed E-state index contributed by atoms with van der Waals surface area (Å²) >= 11 is 3.39. The van der Waals surface area contributed by atoms with Crippen LogP contribution in [0.1, 0.15) is 33.6 Å². The van der Waals surface area contributed by atoms with E-state index in [4.69, 9.17) is 14.2 Å². The van der Waals surface area contributed by atoms with Gasteiger partial charge in [-0.2, -0.15) is 0 Å². The molecule has 0 rings (SSSR count). The van der Waals surface area contributed by atoms with Gasteiger partial charge in [0, 0.05) is 25.0 Å². The van der Waals surface area contributed by atoms with Crippen molar-refractivity contribution < 1.29 is 14.2 Å². The van der Waals surface area contributed by atoms with Gasteiger partial charge in [-0.05, 0) is 27.2 Å². The maximum atomic E-state index is 5.57. The third kappa shape index (κ3) is 10.9. The molecule has 0 radical (unpaired) electrons. The van der Waals surface area contributed by atoms with Gasteiger partial charge in [-0.15, -0.1) is 0 Å². The molecule has 0 heterocycles. The maximum absolute atomic E-state index is 5.57. The second-order valence-corrected chi connectivity index (χ2v) is 4.50. The monoisotopic (exact) mass is 308 g/mol. The fraction of sp³-hybridized carbons (Fsp3) is 0.846. The zero-order chi connectivity index (χ0) is 12.9. The predicted molar refractivity (Wildman–Crippen MR) is 74.6 cm³/mol. The Bertz CT molecular complexity index is 189. The number of ether oxygens (including phenoxy) is 3. The van der Waals surface area contributed by atoms with Crippen LogP contribution >= 0.6 is 15.9 Å². The average molecular weight is 309 g/mol. The van der Waals surface area contributed by atoms with E-state index < -0.39 is 0 Å². The second kappa shape index (κ2) is 12.6. The van der Waals surface area contributed by atoms with Crippen molar-refractivity contribution in [2.75, 3.05) is 31.8 Å². The van der Waals surface area contributed by atoms with Gasteiger partial charge in [0.1, 0.15) is 0 Å². The molecule has 0 fully saturated rings. The lowest BCUT2D eigenvalue weighted by Gasteiger charge is -2.16. The van der Waals surface area contributed by atoms with Crippen molar-refractivity contribution in [1.82, 2.24) is 0 Å². The van der Waals surface area contributed by atoms with Crippen LogP contribution in [0.15, 0.2) is 11.6 Å². The fourth-order valence-electron chi connectivity index (χ4n) is 1.36. The Morgan fingerprint density at radius 3 is 2.41 bits per heavy atom. The van der Waals surface area contributed by atoms with Crippen LogP contribution < -0.4 is 0 Å². The van der Waals surface area contributed by atoms with Crippen LogP contribution in [0.2, 0.25) is 0 Å². The van der Waals surface area contributed by atoms with Crippen LogP contribution in [0.3, 0.4) is 0 Å². The molecule has 0 aliphatic heterocycles. The third-order valence-corrected chi connectivity index (χ3v) is 2.59. The summed E-state index contributed by atoms with van der Waals surface area (Å²) in [6.07, 6.45) is 3.90. The lowest BCUT2D eigenvalue weighted by atomic mass is 10.3. The minimum Gasteiger partial charge on any atom is -0.377 e. The Kier molecular flexibility index (Phi) is 12.6. The van der Waals surface area contributed by atoms with Gasteiger partial charge in [-0.25, -0.2) is 0 Å². The van der Waals surface area contributed by atoms with Crippen molar-refractivity contribution in [3.05, 3.63) is 11.6 Å². The van der Waals surface area contributed by atoms with Crippen LogP contribution in [0.25, 0.3) is 0 Å². The molecule has 17 heavy (non-hydrogen) atoms. The number of hydrogen-bond acceptors (Lipinski definition) is 3. The number of hydrogen-bond donors (Lipinski definition) is 0. The fourth-order valence-corrected chi connectivity index (χ4v) is 1.59. The van der Waals surface area contributed by atoms with Gasteiger partial charge < -0.3 is 14.2 Å². The Hall–Kier alpha value is 0.1000. The van der Waals surface area contributed by atoms with Crippen LogP contribution in [-0.2, 0) is 14.2 Å². The summed E-state index contributed by atoms with van der Waals surface area (Å²) in [5.74, 6) is 0. The Labute approximate surface area is 114 Å². The lowest BCUT2D eigenvalue weighted by Crippen LogP contribution is -2.19. The van der Waals surface area contributed by atoms with Crippen LogP contribution in [0.4, 0.5) is 0 Å². The summed E-state index contributed by atoms with van der Waals surface area (Å²) < 4.78 is 16.4. The molecule has 0 aromatic carbocycles. The molecule has 0 aromatic heterocycles. The smallest absolute Gasteiger partial charge is 0.159 e. The Morgan fingerprint density at radius 2 is 1.88 bits per heavy atom.